The highest BCUT2D eigenvalue weighted by atomic mass is 16.6. The summed E-state index contributed by atoms with van der Waals surface area (Å²) in [6.45, 7) is 6.18. The number of esters is 3. The Morgan fingerprint density at radius 1 is 0.318 bits per heavy atom. The first-order valence-corrected chi connectivity index (χ1v) is 25.9. The summed E-state index contributed by atoms with van der Waals surface area (Å²) in [7, 11) is 0. The van der Waals surface area contributed by atoms with Gasteiger partial charge in [0.25, 0.3) is 0 Å². The van der Waals surface area contributed by atoms with E-state index in [-0.39, 0.29) is 37.5 Å². The number of rotatable bonds is 44. The lowest BCUT2D eigenvalue weighted by atomic mass is 10.1. The molecule has 0 N–H and O–H groups in total. The van der Waals surface area contributed by atoms with E-state index in [1.165, 1.54) is 0 Å². The summed E-state index contributed by atoms with van der Waals surface area (Å²) >= 11 is 0. The quantitative estimate of drug-likeness (QED) is 0.0199. The van der Waals surface area contributed by atoms with Gasteiger partial charge in [0.05, 0.1) is 0 Å². The van der Waals surface area contributed by atoms with Crippen molar-refractivity contribution >= 4 is 17.9 Å². The third-order valence-corrected chi connectivity index (χ3v) is 10.1. The third kappa shape index (κ3) is 50.3. The number of carbonyl (C=O) groups excluding carboxylic acids is 3. The molecule has 0 bridgehead atoms. The van der Waals surface area contributed by atoms with Crippen LogP contribution in [0.5, 0.6) is 0 Å². The van der Waals surface area contributed by atoms with Crippen molar-refractivity contribution in [2.45, 2.75) is 200 Å². The molecule has 0 aromatic rings. The predicted molar refractivity (Wildman–Crippen MR) is 283 cm³/mol. The number of carbonyl (C=O) groups is 3. The first kappa shape index (κ1) is 61.3. The van der Waals surface area contributed by atoms with Gasteiger partial charge < -0.3 is 14.2 Å². The summed E-state index contributed by atoms with van der Waals surface area (Å²) in [6.07, 6.45) is 75.4. The van der Waals surface area contributed by atoms with E-state index in [0.29, 0.717) is 19.3 Å². The fourth-order valence-corrected chi connectivity index (χ4v) is 6.34. The van der Waals surface area contributed by atoms with Gasteiger partial charge in [-0.05, 0) is 122 Å². The molecule has 0 spiro atoms. The molecule has 0 radical (unpaired) electrons. The highest BCUT2D eigenvalue weighted by Crippen LogP contribution is 2.12. The van der Waals surface area contributed by atoms with Crippen LogP contribution in [0.25, 0.3) is 0 Å². The second-order valence-electron chi connectivity index (χ2n) is 16.3. The minimum Gasteiger partial charge on any atom is -0.462 e. The van der Waals surface area contributed by atoms with E-state index in [1.807, 2.05) is 6.08 Å². The predicted octanol–water partition coefficient (Wildman–Crippen LogP) is 17.3. The molecule has 0 amide bonds. The van der Waals surface area contributed by atoms with Crippen LogP contribution in [-0.4, -0.2) is 37.2 Å². The van der Waals surface area contributed by atoms with Gasteiger partial charge in [-0.3, -0.25) is 14.4 Å². The van der Waals surface area contributed by atoms with E-state index >= 15 is 0 Å². The molecule has 1 atom stereocenters. The highest BCUT2D eigenvalue weighted by molar-refractivity contribution is 5.71. The molecule has 0 saturated carbocycles. The molecule has 368 valence electrons. The molecular formula is C60H92O6. The first-order chi connectivity index (χ1) is 32.5. The van der Waals surface area contributed by atoms with E-state index in [2.05, 4.69) is 161 Å². The van der Waals surface area contributed by atoms with Crippen molar-refractivity contribution in [2.75, 3.05) is 13.2 Å². The van der Waals surface area contributed by atoms with Crippen molar-refractivity contribution in [3.05, 3.63) is 146 Å². The van der Waals surface area contributed by atoms with Crippen LogP contribution in [0.4, 0.5) is 0 Å². The molecule has 0 aliphatic carbocycles. The standard InChI is InChI=1S/C60H92O6/c1-4-7-10-13-16-19-22-25-27-29-30-31-33-35-38-41-44-47-50-53-59(62)65-56-57(55-64-58(61)52-49-46-43-40-37-34-24-21-18-15-12-9-6-3)66-60(63)54-51-48-45-42-39-36-32-28-26-23-20-17-14-11-8-5-2/h7-12,15-21,24-28,30-31,35-36,38-39,57H,4-6,13-14,22-23,29,32-34,37,40-56H2,1-3H3/b10-7-,11-8-,12-9-,18-15-,19-16-,20-17-,24-21-,27-25-,28-26-,31-30-,38-35-,39-36-. The van der Waals surface area contributed by atoms with Gasteiger partial charge in [-0.2, -0.15) is 0 Å². The number of hydrogen-bond acceptors (Lipinski definition) is 6. The molecule has 0 aromatic carbocycles. The molecule has 66 heavy (non-hydrogen) atoms. The molecular weight excluding hydrogens is 817 g/mol. The molecule has 0 fully saturated rings. The lowest BCUT2D eigenvalue weighted by Crippen LogP contribution is -2.30. The Kier molecular flexibility index (Phi) is 49.1. The molecule has 0 aliphatic heterocycles. The third-order valence-electron chi connectivity index (χ3n) is 10.1. The van der Waals surface area contributed by atoms with Crippen molar-refractivity contribution in [1.82, 2.24) is 0 Å². The normalized spacial score (nSPS) is 13.3. The number of allylic oxidation sites excluding steroid dienone is 24. The maximum absolute atomic E-state index is 12.8. The van der Waals surface area contributed by atoms with E-state index in [9.17, 15) is 14.4 Å². The van der Waals surface area contributed by atoms with Crippen LogP contribution >= 0.6 is 0 Å². The van der Waals surface area contributed by atoms with Crippen molar-refractivity contribution < 1.29 is 28.6 Å². The minimum absolute atomic E-state index is 0.119. The van der Waals surface area contributed by atoms with Gasteiger partial charge in [0.2, 0.25) is 0 Å². The molecule has 6 nitrogen and oxygen atoms in total. The second-order valence-corrected chi connectivity index (χ2v) is 16.3. The zero-order valence-electron chi connectivity index (χ0n) is 41.9. The Balaban J connectivity index is 4.56. The Morgan fingerprint density at radius 2 is 0.621 bits per heavy atom. The topological polar surface area (TPSA) is 78.9 Å². The lowest BCUT2D eigenvalue weighted by Gasteiger charge is -2.18. The van der Waals surface area contributed by atoms with Gasteiger partial charge in [0.15, 0.2) is 6.10 Å². The van der Waals surface area contributed by atoms with E-state index in [4.69, 9.17) is 14.2 Å². The largest absolute Gasteiger partial charge is 0.462 e. The monoisotopic (exact) mass is 909 g/mol. The van der Waals surface area contributed by atoms with Gasteiger partial charge in [0.1, 0.15) is 13.2 Å². The molecule has 1 unspecified atom stereocenters. The van der Waals surface area contributed by atoms with Crippen molar-refractivity contribution in [2.24, 2.45) is 0 Å². The van der Waals surface area contributed by atoms with Crippen LogP contribution in [0.3, 0.4) is 0 Å². The summed E-state index contributed by atoms with van der Waals surface area (Å²) in [5.41, 5.74) is 0. The van der Waals surface area contributed by atoms with Crippen LogP contribution in [0.2, 0.25) is 0 Å². The lowest BCUT2D eigenvalue weighted by molar-refractivity contribution is -0.167. The Bertz CT molecular complexity index is 1510. The van der Waals surface area contributed by atoms with Gasteiger partial charge >= 0.3 is 17.9 Å². The second kappa shape index (κ2) is 52.9. The van der Waals surface area contributed by atoms with Crippen LogP contribution in [-0.2, 0) is 28.6 Å². The molecule has 0 heterocycles. The number of unbranched alkanes of at least 4 members (excludes halogenated alkanes) is 11. The number of hydrogen-bond donors (Lipinski definition) is 0. The van der Waals surface area contributed by atoms with Gasteiger partial charge in [0, 0.05) is 19.3 Å². The van der Waals surface area contributed by atoms with E-state index < -0.39 is 6.10 Å². The molecule has 0 aliphatic rings. The molecule has 0 aromatic heterocycles. The fourth-order valence-electron chi connectivity index (χ4n) is 6.34. The van der Waals surface area contributed by atoms with Crippen LogP contribution in [0.15, 0.2) is 146 Å². The van der Waals surface area contributed by atoms with Gasteiger partial charge in [-0.1, -0.05) is 199 Å². The highest BCUT2D eigenvalue weighted by Gasteiger charge is 2.19. The Labute approximate surface area is 404 Å². The zero-order valence-corrected chi connectivity index (χ0v) is 41.9. The van der Waals surface area contributed by atoms with Gasteiger partial charge in [-0.15, -0.1) is 0 Å². The maximum Gasteiger partial charge on any atom is 0.306 e. The van der Waals surface area contributed by atoms with E-state index in [0.717, 1.165) is 148 Å². The maximum atomic E-state index is 12.8. The summed E-state index contributed by atoms with van der Waals surface area (Å²) in [4.78, 5) is 38.0. The molecule has 6 heteroatoms. The summed E-state index contributed by atoms with van der Waals surface area (Å²) in [5, 5.41) is 0. The van der Waals surface area contributed by atoms with Crippen LogP contribution in [0, 0.1) is 0 Å². The summed E-state index contributed by atoms with van der Waals surface area (Å²) < 4.78 is 16.7. The fraction of sp³-hybridized carbons (Fsp3) is 0.550. The Morgan fingerprint density at radius 3 is 1.03 bits per heavy atom. The van der Waals surface area contributed by atoms with Gasteiger partial charge in [-0.25, -0.2) is 0 Å². The average molecular weight is 909 g/mol. The summed E-state index contributed by atoms with van der Waals surface area (Å²) in [6, 6.07) is 0. The van der Waals surface area contributed by atoms with Crippen molar-refractivity contribution in [3.8, 4) is 0 Å². The van der Waals surface area contributed by atoms with Crippen molar-refractivity contribution in [3.63, 3.8) is 0 Å². The SMILES string of the molecule is CC\C=C/C=C\C=C/CCCCCCCC(=O)OCC(COC(=O)CCCCC/C=C\C/C=C\C/C=C\C/C=C\C/C=C\CC)OC(=O)CCCCC/C=C\C/C=C\C/C=C\C/C=C\CC. The minimum atomic E-state index is -0.823. The molecule has 0 saturated heterocycles. The average Bonchev–Trinajstić information content (AvgIpc) is 3.31. The Hall–Kier alpha value is -4.71. The van der Waals surface area contributed by atoms with Crippen molar-refractivity contribution in [1.29, 1.82) is 0 Å². The first-order valence-electron chi connectivity index (χ1n) is 25.9. The van der Waals surface area contributed by atoms with E-state index in [1.54, 1.807) is 0 Å². The summed E-state index contributed by atoms with van der Waals surface area (Å²) in [5.74, 6) is -1.01. The smallest absolute Gasteiger partial charge is 0.306 e. The van der Waals surface area contributed by atoms with Crippen LogP contribution < -0.4 is 0 Å². The van der Waals surface area contributed by atoms with Crippen LogP contribution in [0.1, 0.15) is 194 Å². The number of ether oxygens (including phenoxy) is 3. The molecule has 0 rings (SSSR count). The zero-order chi connectivity index (χ0) is 47.9.